The molecule has 146 valence electrons. The molecule has 0 unspecified atom stereocenters. The van der Waals surface area contributed by atoms with Crippen LogP contribution in [-0.2, 0) is 20.1 Å². The van der Waals surface area contributed by atoms with E-state index in [1.165, 1.54) is 5.56 Å². The molecule has 7 nitrogen and oxygen atoms in total. The van der Waals surface area contributed by atoms with E-state index in [0.717, 1.165) is 76.6 Å². The topological polar surface area (TPSA) is 70.3 Å². The molecular formula is C20H30N6O. The highest BCUT2D eigenvalue weighted by molar-refractivity contribution is 5.09. The average Bonchev–Trinajstić information content (AvgIpc) is 3.05. The molecule has 0 saturated carbocycles. The SMILES string of the molecule is Cn1c(CN2CCC(O)CC2)nnc1C1CCN(Cc2cccnc2)CC1. The van der Waals surface area contributed by atoms with Gasteiger partial charge in [0.15, 0.2) is 0 Å². The van der Waals surface area contributed by atoms with Gasteiger partial charge >= 0.3 is 0 Å². The highest BCUT2D eigenvalue weighted by Crippen LogP contribution is 2.28. The van der Waals surface area contributed by atoms with Crippen molar-refractivity contribution in [2.24, 2.45) is 7.05 Å². The van der Waals surface area contributed by atoms with Crippen LogP contribution in [0.5, 0.6) is 0 Å². The van der Waals surface area contributed by atoms with Crippen molar-refractivity contribution in [1.29, 1.82) is 0 Å². The van der Waals surface area contributed by atoms with Crippen molar-refractivity contribution in [3.8, 4) is 0 Å². The molecule has 2 aliphatic rings. The Labute approximate surface area is 161 Å². The number of rotatable bonds is 5. The average molecular weight is 371 g/mol. The predicted octanol–water partition coefficient (Wildman–Crippen LogP) is 1.55. The zero-order valence-corrected chi connectivity index (χ0v) is 16.2. The molecule has 7 heteroatoms. The van der Waals surface area contributed by atoms with Crippen molar-refractivity contribution in [2.45, 2.75) is 50.8 Å². The molecule has 0 atom stereocenters. The normalized spacial score (nSPS) is 21.0. The van der Waals surface area contributed by atoms with Crippen molar-refractivity contribution >= 4 is 0 Å². The fourth-order valence-electron chi connectivity index (χ4n) is 4.25. The second-order valence-corrected chi connectivity index (χ2v) is 7.95. The molecule has 1 N–H and O–H groups in total. The first-order chi connectivity index (χ1) is 13.2. The molecule has 2 fully saturated rings. The lowest BCUT2D eigenvalue weighted by Crippen LogP contribution is -2.36. The Morgan fingerprint density at radius 2 is 1.70 bits per heavy atom. The first-order valence-corrected chi connectivity index (χ1v) is 10.1. The molecule has 0 aromatic carbocycles. The summed E-state index contributed by atoms with van der Waals surface area (Å²) in [6.07, 6.45) is 7.63. The van der Waals surface area contributed by atoms with Crippen LogP contribution in [0, 0.1) is 0 Å². The fourth-order valence-corrected chi connectivity index (χ4v) is 4.25. The van der Waals surface area contributed by atoms with E-state index in [1.807, 2.05) is 18.5 Å². The van der Waals surface area contributed by atoms with E-state index in [2.05, 4.69) is 42.7 Å². The van der Waals surface area contributed by atoms with Gasteiger partial charge in [-0.1, -0.05) is 6.07 Å². The highest BCUT2D eigenvalue weighted by atomic mass is 16.3. The van der Waals surface area contributed by atoms with Crippen molar-refractivity contribution in [2.75, 3.05) is 26.2 Å². The quantitative estimate of drug-likeness (QED) is 0.861. The molecular weight excluding hydrogens is 340 g/mol. The van der Waals surface area contributed by atoms with Crippen LogP contribution in [0.2, 0.25) is 0 Å². The van der Waals surface area contributed by atoms with Crippen LogP contribution < -0.4 is 0 Å². The third-order valence-electron chi connectivity index (χ3n) is 6.00. The number of nitrogens with zero attached hydrogens (tertiary/aromatic N) is 6. The maximum atomic E-state index is 9.67. The Kier molecular flexibility index (Phi) is 5.80. The summed E-state index contributed by atoms with van der Waals surface area (Å²) in [6.45, 7) is 5.87. The summed E-state index contributed by atoms with van der Waals surface area (Å²) in [5, 5.41) is 18.7. The Balaban J connectivity index is 1.31. The van der Waals surface area contributed by atoms with Gasteiger partial charge in [-0.2, -0.15) is 0 Å². The molecule has 0 aliphatic carbocycles. The molecule has 27 heavy (non-hydrogen) atoms. The van der Waals surface area contributed by atoms with Crippen molar-refractivity contribution < 1.29 is 5.11 Å². The summed E-state index contributed by atoms with van der Waals surface area (Å²) in [7, 11) is 2.10. The molecule has 0 spiro atoms. The third-order valence-corrected chi connectivity index (χ3v) is 6.00. The summed E-state index contributed by atoms with van der Waals surface area (Å²) >= 11 is 0. The van der Waals surface area contributed by atoms with Crippen LogP contribution in [0.4, 0.5) is 0 Å². The van der Waals surface area contributed by atoms with Gasteiger partial charge in [-0.15, -0.1) is 10.2 Å². The third kappa shape index (κ3) is 4.54. The van der Waals surface area contributed by atoms with E-state index in [1.54, 1.807) is 0 Å². The summed E-state index contributed by atoms with van der Waals surface area (Å²) in [5.74, 6) is 2.66. The smallest absolute Gasteiger partial charge is 0.146 e. The molecule has 0 radical (unpaired) electrons. The number of hydrogen-bond donors (Lipinski definition) is 1. The van der Waals surface area contributed by atoms with Gasteiger partial charge in [0.2, 0.25) is 0 Å². The highest BCUT2D eigenvalue weighted by Gasteiger charge is 2.26. The monoisotopic (exact) mass is 370 g/mol. The predicted molar refractivity (Wildman–Crippen MR) is 103 cm³/mol. The standard InChI is InChI=1S/C20H30N6O/c1-24-19(15-26-11-6-18(27)7-12-26)22-23-20(24)17-4-9-25(10-5-17)14-16-3-2-8-21-13-16/h2-3,8,13,17-18,27H,4-7,9-12,14-15H2,1H3. The van der Waals surface area contributed by atoms with Crippen LogP contribution in [0.1, 0.15) is 48.8 Å². The second kappa shape index (κ2) is 8.46. The minimum Gasteiger partial charge on any atom is -0.393 e. The lowest BCUT2D eigenvalue weighted by atomic mass is 9.95. The number of hydrogen-bond acceptors (Lipinski definition) is 6. The molecule has 4 rings (SSSR count). The van der Waals surface area contributed by atoms with Gasteiger partial charge in [-0.25, -0.2) is 0 Å². The van der Waals surface area contributed by atoms with Gasteiger partial charge in [0.1, 0.15) is 11.6 Å². The lowest BCUT2D eigenvalue weighted by molar-refractivity contribution is 0.0775. The Bertz CT molecular complexity index is 717. The Hall–Kier alpha value is -1.83. The number of aliphatic hydroxyl groups excluding tert-OH is 1. The van der Waals surface area contributed by atoms with Crippen LogP contribution in [0.25, 0.3) is 0 Å². The molecule has 2 saturated heterocycles. The Morgan fingerprint density at radius 1 is 1.00 bits per heavy atom. The van der Waals surface area contributed by atoms with E-state index in [0.29, 0.717) is 5.92 Å². The van der Waals surface area contributed by atoms with Gasteiger partial charge in [0.05, 0.1) is 12.6 Å². The number of aliphatic hydroxyl groups is 1. The summed E-state index contributed by atoms with van der Waals surface area (Å²) in [4.78, 5) is 9.09. The second-order valence-electron chi connectivity index (χ2n) is 7.95. The molecule has 2 aliphatic heterocycles. The van der Waals surface area contributed by atoms with E-state index >= 15 is 0 Å². The Morgan fingerprint density at radius 3 is 2.41 bits per heavy atom. The van der Waals surface area contributed by atoms with Gasteiger partial charge in [-0.05, 0) is 50.4 Å². The minimum atomic E-state index is -0.131. The number of likely N-dealkylation sites (tertiary alicyclic amines) is 2. The molecule has 0 amide bonds. The van der Waals surface area contributed by atoms with Crippen LogP contribution in [-0.4, -0.2) is 66.9 Å². The van der Waals surface area contributed by atoms with Gasteiger partial charge in [0, 0.05) is 45.0 Å². The van der Waals surface area contributed by atoms with Crippen molar-refractivity contribution in [3.63, 3.8) is 0 Å². The summed E-state index contributed by atoms with van der Waals surface area (Å²) < 4.78 is 2.20. The summed E-state index contributed by atoms with van der Waals surface area (Å²) in [6, 6.07) is 4.15. The lowest BCUT2D eigenvalue weighted by Gasteiger charge is -2.31. The van der Waals surface area contributed by atoms with Crippen LogP contribution >= 0.6 is 0 Å². The molecule has 2 aromatic heterocycles. The molecule has 4 heterocycles. The first kappa shape index (κ1) is 18.5. The van der Waals surface area contributed by atoms with Gasteiger partial charge in [0.25, 0.3) is 0 Å². The van der Waals surface area contributed by atoms with Gasteiger partial charge in [-0.3, -0.25) is 14.8 Å². The largest absolute Gasteiger partial charge is 0.393 e. The number of piperidine rings is 2. The number of pyridine rings is 1. The van der Waals surface area contributed by atoms with E-state index in [9.17, 15) is 5.11 Å². The first-order valence-electron chi connectivity index (χ1n) is 10.1. The van der Waals surface area contributed by atoms with Gasteiger partial charge < -0.3 is 9.67 Å². The van der Waals surface area contributed by atoms with E-state index in [4.69, 9.17) is 0 Å². The maximum absolute atomic E-state index is 9.67. The molecule has 2 aromatic rings. The van der Waals surface area contributed by atoms with Crippen molar-refractivity contribution in [3.05, 3.63) is 41.7 Å². The zero-order chi connectivity index (χ0) is 18.6. The minimum absolute atomic E-state index is 0.131. The maximum Gasteiger partial charge on any atom is 0.146 e. The number of aromatic nitrogens is 4. The van der Waals surface area contributed by atoms with Crippen LogP contribution in [0.15, 0.2) is 24.5 Å². The summed E-state index contributed by atoms with van der Waals surface area (Å²) in [5.41, 5.74) is 1.28. The fraction of sp³-hybridized carbons (Fsp3) is 0.650. The van der Waals surface area contributed by atoms with Crippen LogP contribution in [0.3, 0.4) is 0 Å². The molecule has 0 bridgehead atoms. The van der Waals surface area contributed by atoms with E-state index < -0.39 is 0 Å². The van der Waals surface area contributed by atoms with E-state index in [-0.39, 0.29) is 6.10 Å². The zero-order valence-electron chi connectivity index (χ0n) is 16.2. The van der Waals surface area contributed by atoms with Crippen molar-refractivity contribution in [1.82, 2.24) is 29.5 Å².